The van der Waals surface area contributed by atoms with Gasteiger partial charge in [-0.15, -0.1) is 0 Å². The van der Waals surface area contributed by atoms with Gasteiger partial charge in [0.05, 0.1) is 11.6 Å². The number of hydrogen-bond donors (Lipinski definition) is 3. The summed E-state index contributed by atoms with van der Waals surface area (Å²) >= 11 is 0. The smallest absolute Gasteiger partial charge is 0.319 e. The highest BCUT2D eigenvalue weighted by molar-refractivity contribution is 5.97. The molecule has 0 bridgehead atoms. The van der Waals surface area contributed by atoms with E-state index in [-0.39, 0.29) is 6.03 Å². The summed E-state index contributed by atoms with van der Waals surface area (Å²) in [5.41, 5.74) is 7.05. The fourth-order valence-corrected chi connectivity index (χ4v) is 1.92. The Kier molecular flexibility index (Phi) is 2.82. The van der Waals surface area contributed by atoms with Crippen molar-refractivity contribution in [1.29, 1.82) is 0 Å². The lowest BCUT2D eigenvalue weighted by molar-refractivity contribution is -0.115. The van der Waals surface area contributed by atoms with E-state index in [1.807, 2.05) is 30.3 Å². The number of carbonyl (C=O) groups is 2. The maximum absolute atomic E-state index is 11.4. The number of urea groups is 1. The van der Waals surface area contributed by atoms with Gasteiger partial charge in [-0.25, -0.2) is 4.79 Å². The molecule has 1 aromatic rings. The Morgan fingerprint density at radius 2 is 1.94 bits per heavy atom. The van der Waals surface area contributed by atoms with Crippen LogP contribution in [0.1, 0.15) is 18.5 Å². The molecule has 1 aliphatic heterocycles. The SMILES string of the molecule is CC1=C(C(N)=O)[C@H](c2ccccc2)NC(=O)N1. The molecule has 0 spiro atoms. The summed E-state index contributed by atoms with van der Waals surface area (Å²) in [4.78, 5) is 22.8. The normalized spacial score (nSPS) is 19.6. The minimum Gasteiger partial charge on any atom is -0.366 e. The van der Waals surface area contributed by atoms with Crippen LogP contribution in [-0.2, 0) is 4.79 Å². The molecule has 17 heavy (non-hydrogen) atoms. The summed E-state index contributed by atoms with van der Waals surface area (Å²) < 4.78 is 0. The molecule has 1 heterocycles. The first-order chi connectivity index (χ1) is 8.09. The van der Waals surface area contributed by atoms with Crippen LogP contribution < -0.4 is 16.4 Å². The zero-order valence-electron chi connectivity index (χ0n) is 9.36. The Labute approximate surface area is 98.7 Å². The molecule has 5 nitrogen and oxygen atoms in total. The van der Waals surface area contributed by atoms with E-state index in [9.17, 15) is 9.59 Å². The van der Waals surface area contributed by atoms with Gasteiger partial charge in [-0.3, -0.25) is 4.79 Å². The largest absolute Gasteiger partial charge is 0.366 e. The first kappa shape index (κ1) is 11.2. The Balaban J connectivity index is 2.47. The van der Waals surface area contributed by atoms with Crippen molar-refractivity contribution in [2.45, 2.75) is 13.0 Å². The molecule has 0 radical (unpaired) electrons. The minimum absolute atomic E-state index is 0.332. The maximum atomic E-state index is 11.4. The van der Waals surface area contributed by atoms with E-state index in [1.54, 1.807) is 6.92 Å². The molecule has 1 aromatic carbocycles. The third-order valence-corrected chi connectivity index (χ3v) is 2.67. The van der Waals surface area contributed by atoms with Gasteiger partial charge < -0.3 is 16.4 Å². The van der Waals surface area contributed by atoms with E-state index in [1.165, 1.54) is 0 Å². The number of hydrogen-bond acceptors (Lipinski definition) is 2. The molecule has 0 saturated carbocycles. The van der Waals surface area contributed by atoms with Gasteiger partial charge in [-0.2, -0.15) is 0 Å². The van der Waals surface area contributed by atoms with Gasteiger partial charge in [0.25, 0.3) is 0 Å². The van der Waals surface area contributed by atoms with Gasteiger partial charge in [-0.1, -0.05) is 30.3 Å². The molecule has 0 aliphatic carbocycles. The number of nitrogens with one attached hydrogen (secondary N) is 2. The number of benzene rings is 1. The van der Waals surface area contributed by atoms with Gasteiger partial charge in [0.2, 0.25) is 5.91 Å². The summed E-state index contributed by atoms with van der Waals surface area (Å²) in [6, 6.07) is 8.42. The van der Waals surface area contributed by atoms with Crippen LogP contribution >= 0.6 is 0 Å². The number of carbonyl (C=O) groups excluding carboxylic acids is 2. The first-order valence-electron chi connectivity index (χ1n) is 5.22. The van der Waals surface area contributed by atoms with Gasteiger partial charge in [-0.05, 0) is 12.5 Å². The van der Waals surface area contributed by atoms with Crippen molar-refractivity contribution in [1.82, 2.24) is 10.6 Å². The van der Waals surface area contributed by atoms with Crippen LogP contribution in [0.15, 0.2) is 41.6 Å². The molecule has 88 valence electrons. The third-order valence-electron chi connectivity index (χ3n) is 2.67. The molecule has 5 heteroatoms. The van der Waals surface area contributed by atoms with Crippen molar-refractivity contribution < 1.29 is 9.59 Å². The van der Waals surface area contributed by atoms with Gasteiger partial charge in [0.1, 0.15) is 0 Å². The molecule has 0 fully saturated rings. The summed E-state index contributed by atoms with van der Waals surface area (Å²) in [6.45, 7) is 1.66. The van der Waals surface area contributed by atoms with Crippen molar-refractivity contribution >= 4 is 11.9 Å². The van der Waals surface area contributed by atoms with Crippen LogP contribution in [0.4, 0.5) is 4.79 Å². The first-order valence-corrected chi connectivity index (χ1v) is 5.22. The van der Waals surface area contributed by atoms with Crippen molar-refractivity contribution in [3.05, 3.63) is 47.2 Å². The third kappa shape index (κ3) is 2.13. The fraction of sp³-hybridized carbons (Fsp3) is 0.167. The highest BCUT2D eigenvalue weighted by Crippen LogP contribution is 2.25. The van der Waals surface area contributed by atoms with Crippen molar-refractivity contribution in [3.8, 4) is 0 Å². The second kappa shape index (κ2) is 4.29. The van der Waals surface area contributed by atoms with Crippen LogP contribution in [0.3, 0.4) is 0 Å². The summed E-state index contributed by atoms with van der Waals surface area (Å²) in [5.74, 6) is -0.538. The summed E-state index contributed by atoms with van der Waals surface area (Å²) in [5, 5.41) is 5.22. The molecule has 4 N–H and O–H groups in total. The highest BCUT2D eigenvalue weighted by atomic mass is 16.2. The number of amides is 3. The van der Waals surface area contributed by atoms with Crippen molar-refractivity contribution in [3.63, 3.8) is 0 Å². The Morgan fingerprint density at radius 3 is 2.53 bits per heavy atom. The molecule has 0 unspecified atom stereocenters. The number of rotatable bonds is 2. The van der Waals surface area contributed by atoms with E-state index in [0.717, 1.165) is 5.56 Å². The Bertz CT molecular complexity index is 494. The maximum Gasteiger partial charge on any atom is 0.319 e. The molecule has 3 amide bonds. The van der Waals surface area contributed by atoms with Crippen LogP contribution in [0.2, 0.25) is 0 Å². The predicted octanol–water partition coefficient (Wildman–Crippen LogP) is 0.800. The average Bonchev–Trinajstić information content (AvgIpc) is 2.28. The van der Waals surface area contributed by atoms with Crippen LogP contribution in [0.25, 0.3) is 0 Å². The topological polar surface area (TPSA) is 84.2 Å². The standard InChI is InChI=1S/C12H13N3O2/c1-7-9(11(13)16)10(15-12(17)14-7)8-5-3-2-4-6-8/h2-6,10H,1H3,(H2,13,16)(H2,14,15,17)/t10-/m0/s1. The second-order valence-corrected chi connectivity index (χ2v) is 3.85. The lowest BCUT2D eigenvalue weighted by atomic mass is 9.95. The fourth-order valence-electron chi connectivity index (χ4n) is 1.92. The molecule has 0 aromatic heterocycles. The van der Waals surface area contributed by atoms with Crippen LogP contribution in [0.5, 0.6) is 0 Å². The molecular formula is C12H13N3O2. The van der Waals surface area contributed by atoms with Crippen LogP contribution in [-0.4, -0.2) is 11.9 Å². The van der Waals surface area contributed by atoms with Gasteiger partial charge >= 0.3 is 6.03 Å². The molecular weight excluding hydrogens is 218 g/mol. The monoisotopic (exact) mass is 231 g/mol. The number of allylic oxidation sites excluding steroid dienone is 1. The van der Waals surface area contributed by atoms with Crippen LogP contribution in [0, 0.1) is 0 Å². The molecule has 1 atom stereocenters. The predicted molar refractivity (Wildman–Crippen MR) is 62.7 cm³/mol. The molecule has 0 saturated heterocycles. The van der Waals surface area contributed by atoms with E-state index in [0.29, 0.717) is 11.3 Å². The minimum atomic E-state index is -0.538. The molecule has 1 aliphatic rings. The highest BCUT2D eigenvalue weighted by Gasteiger charge is 2.29. The molecule has 2 rings (SSSR count). The van der Waals surface area contributed by atoms with E-state index < -0.39 is 11.9 Å². The Hall–Kier alpha value is -2.30. The van der Waals surface area contributed by atoms with E-state index in [4.69, 9.17) is 5.73 Å². The summed E-state index contributed by atoms with van der Waals surface area (Å²) in [7, 11) is 0. The van der Waals surface area contributed by atoms with E-state index in [2.05, 4.69) is 10.6 Å². The van der Waals surface area contributed by atoms with E-state index >= 15 is 0 Å². The van der Waals surface area contributed by atoms with Gasteiger partial charge in [0, 0.05) is 5.70 Å². The van der Waals surface area contributed by atoms with Gasteiger partial charge in [0.15, 0.2) is 0 Å². The van der Waals surface area contributed by atoms with Crippen molar-refractivity contribution in [2.75, 3.05) is 0 Å². The lowest BCUT2D eigenvalue weighted by Crippen LogP contribution is -2.46. The average molecular weight is 231 g/mol. The number of nitrogens with two attached hydrogens (primary N) is 1. The second-order valence-electron chi connectivity index (χ2n) is 3.85. The van der Waals surface area contributed by atoms with Crippen molar-refractivity contribution in [2.24, 2.45) is 5.73 Å². The summed E-state index contributed by atoms with van der Waals surface area (Å²) in [6.07, 6.45) is 0. The zero-order chi connectivity index (χ0) is 12.4. The zero-order valence-corrected chi connectivity index (χ0v) is 9.36. The number of primary amides is 1. The Morgan fingerprint density at radius 1 is 1.29 bits per heavy atom. The lowest BCUT2D eigenvalue weighted by Gasteiger charge is -2.27. The quantitative estimate of drug-likeness (QED) is 0.703.